The standard InChI is InChI=1S/C23H21N5O/c1-3-15(2)28-14-24-21-19(23(28)29)20-22(26-18-12-8-7-11-17(18)25-20)27(21)13-16-9-5-4-6-10-16/h4-12,14-15H,3,13H2,1-2H3/t15-/m0/s1. The fraction of sp³-hybridized carbons (Fsp3) is 0.217. The summed E-state index contributed by atoms with van der Waals surface area (Å²) in [6.07, 6.45) is 2.50. The van der Waals surface area contributed by atoms with Crippen LogP contribution in [-0.2, 0) is 6.54 Å². The molecule has 0 N–H and O–H groups in total. The lowest BCUT2D eigenvalue weighted by Crippen LogP contribution is -2.23. The third-order valence-electron chi connectivity index (χ3n) is 5.53. The Kier molecular flexibility index (Phi) is 4.12. The molecule has 6 heteroatoms. The Morgan fingerprint density at radius 2 is 1.62 bits per heavy atom. The second-order valence-corrected chi connectivity index (χ2v) is 7.37. The van der Waals surface area contributed by atoms with Gasteiger partial charge in [-0.05, 0) is 31.0 Å². The lowest BCUT2D eigenvalue weighted by Gasteiger charge is -2.12. The van der Waals surface area contributed by atoms with Crippen molar-refractivity contribution in [1.29, 1.82) is 0 Å². The van der Waals surface area contributed by atoms with Crippen LogP contribution in [0, 0.1) is 0 Å². The van der Waals surface area contributed by atoms with Gasteiger partial charge in [-0.1, -0.05) is 49.4 Å². The molecule has 0 aliphatic carbocycles. The molecule has 0 amide bonds. The van der Waals surface area contributed by atoms with Crippen LogP contribution in [-0.4, -0.2) is 24.1 Å². The van der Waals surface area contributed by atoms with Gasteiger partial charge in [0.25, 0.3) is 5.56 Å². The van der Waals surface area contributed by atoms with E-state index in [1.165, 1.54) is 0 Å². The van der Waals surface area contributed by atoms with Crippen LogP contribution in [0.25, 0.3) is 33.2 Å². The molecule has 3 heterocycles. The van der Waals surface area contributed by atoms with Crippen LogP contribution in [0.15, 0.2) is 65.7 Å². The van der Waals surface area contributed by atoms with Crippen LogP contribution in [0.4, 0.5) is 0 Å². The molecule has 0 aliphatic heterocycles. The van der Waals surface area contributed by atoms with Crippen molar-refractivity contribution >= 4 is 33.2 Å². The van der Waals surface area contributed by atoms with Crippen molar-refractivity contribution in [2.45, 2.75) is 32.9 Å². The van der Waals surface area contributed by atoms with Crippen LogP contribution >= 0.6 is 0 Å². The Bertz CT molecular complexity index is 1400. The summed E-state index contributed by atoms with van der Waals surface area (Å²) in [4.78, 5) is 27.7. The van der Waals surface area contributed by atoms with E-state index in [1.807, 2.05) is 54.0 Å². The van der Waals surface area contributed by atoms with Gasteiger partial charge < -0.3 is 4.57 Å². The van der Waals surface area contributed by atoms with E-state index in [0.29, 0.717) is 28.7 Å². The molecule has 0 radical (unpaired) electrons. The minimum Gasteiger partial charge on any atom is -0.304 e. The van der Waals surface area contributed by atoms with Gasteiger partial charge in [-0.15, -0.1) is 0 Å². The molecule has 5 rings (SSSR count). The second-order valence-electron chi connectivity index (χ2n) is 7.37. The first-order chi connectivity index (χ1) is 14.2. The summed E-state index contributed by atoms with van der Waals surface area (Å²) in [6.45, 7) is 4.67. The highest BCUT2D eigenvalue weighted by Crippen LogP contribution is 2.26. The number of nitrogens with zero attached hydrogens (tertiary/aromatic N) is 5. The minimum atomic E-state index is -0.0641. The number of aromatic nitrogens is 5. The molecule has 1 atom stereocenters. The van der Waals surface area contributed by atoms with E-state index in [-0.39, 0.29) is 11.6 Å². The second kappa shape index (κ2) is 6.81. The van der Waals surface area contributed by atoms with Crippen molar-refractivity contribution in [2.24, 2.45) is 0 Å². The lowest BCUT2D eigenvalue weighted by atomic mass is 10.2. The molecule has 0 fully saturated rings. The Morgan fingerprint density at radius 1 is 0.931 bits per heavy atom. The fourth-order valence-corrected chi connectivity index (χ4v) is 3.74. The van der Waals surface area contributed by atoms with Crippen LogP contribution < -0.4 is 5.56 Å². The summed E-state index contributed by atoms with van der Waals surface area (Å²) >= 11 is 0. The van der Waals surface area contributed by atoms with Gasteiger partial charge in [0.15, 0.2) is 11.3 Å². The van der Waals surface area contributed by atoms with E-state index >= 15 is 0 Å². The predicted molar refractivity (Wildman–Crippen MR) is 115 cm³/mol. The molecule has 3 aromatic heterocycles. The molecule has 5 aromatic rings. The van der Waals surface area contributed by atoms with Crippen LogP contribution in [0.1, 0.15) is 31.9 Å². The van der Waals surface area contributed by atoms with Crippen molar-refractivity contribution in [2.75, 3.05) is 0 Å². The van der Waals surface area contributed by atoms with Crippen LogP contribution in [0.2, 0.25) is 0 Å². The fourth-order valence-electron chi connectivity index (χ4n) is 3.74. The summed E-state index contributed by atoms with van der Waals surface area (Å²) in [5, 5.41) is 0.539. The van der Waals surface area contributed by atoms with Crippen molar-refractivity contribution in [3.05, 3.63) is 76.8 Å². The van der Waals surface area contributed by atoms with Gasteiger partial charge in [-0.2, -0.15) is 0 Å². The monoisotopic (exact) mass is 383 g/mol. The first-order valence-corrected chi connectivity index (χ1v) is 9.87. The maximum absolute atomic E-state index is 13.4. The molecule has 0 aliphatic rings. The average molecular weight is 383 g/mol. The summed E-state index contributed by atoms with van der Waals surface area (Å²) in [5.41, 5.74) is 4.57. The average Bonchev–Trinajstić information content (AvgIpc) is 3.06. The molecule has 6 nitrogen and oxygen atoms in total. The molecule has 0 saturated heterocycles. The van der Waals surface area contributed by atoms with Crippen LogP contribution in [0.5, 0.6) is 0 Å². The highest BCUT2D eigenvalue weighted by Gasteiger charge is 2.20. The van der Waals surface area contributed by atoms with Gasteiger partial charge >= 0.3 is 0 Å². The topological polar surface area (TPSA) is 65.6 Å². The molecule has 0 spiro atoms. The molecule has 0 bridgehead atoms. The highest BCUT2D eigenvalue weighted by atomic mass is 16.1. The van der Waals surface area contributed by atoms with E-state index in [1.54, 1.807) is 10.9 Å². The zero-order valence-electron chi connectivity index (χ0n) is 16.4. The molecule has 0 unspecified atom stereocenters. The third kappa shape index (κ3) is 2.79. The Labute approximate surface area is 167 Å². The molecule has 2 aromatic carbocycles. The maximum atomic E-state index is 13.4. The minimum absolute atomic E-state index is 0.0641. The molecule has 29 heavy (non-hydrogen) atoms. The van der Waals surface area contributed by atoms with Crippen molar-refractivity contribution in [1.82, 2.24) is 24.1 Å². The Hall–Kier alpha value is -3.54. The van der Waals surface area contributed by atoms with Gasteiger partial charge in [0.2, 0.25) is 0 Å². The summed E-state index contributed by atoms with van der Waals surface area (Å²) in [6, 6.07) is 17.9. The SMILES string of the molecule is CC[C@H](C)n1cnc2c(c1=O)c1nc3ccccc3nc1n2Cc1ccccc1. The number of benzene rings is 2. The van der Waals surface area contributed by atoms with E-state index in [2.05, 4.69) is 24.0 Å². The molecule has 0 saturated carbocycles. The van der Waals surface area contributed by atoms with Gasteiger partial charge in [0, 0.05) is 6.04 Å². The summed E-state index contributed by atoms with van der Waals surface area (Å²) in [7, 11) is 0. The maximum Gasteiger partial charge on any atom is 0.265 e. The largest absolute Gasteiger partial charge is 0.304 e. The van der Waals surface area contributed by atoms with Crippen LogP contribution in [0.3, 0.4) is 0 Å². The zero-order valence-corrected chi connectivity index (χ0v) is 16.4. The Morgan fingerprint density at radius 3 is 2.34 bits per heavy atom. The van der Waals surface area contributed by atoms with Gasteiger partial charge in [-0.3, -0.25) is 9.36 Å². The first kappa shape index (κ1) is 17.6. The smallest absolute Gasteiger partial charge is 0.265 e. The molecular formula is C23H21N5O. The normalized spacial score (nSPS) is 12.8. The summed E-state index contributed by atoms with van der Waals surface area (Å²) in [5.74, 6) is 0. The number of para-hydroxylation sites is 2. The third-order valence-corrected chi connectivity index (χ3v) is 5.53. The lowest BCUT2D eigenvalue weighted by molar-refractivity contribution is 0.510. The molecule has 144 valence electrons. The van der Waals surface area contributed by atoms with E-state index in [9.17, 15) is 4.79 Å². The predicted octanol–water partition coefficient (Wildman–Crippen LogP) is 4.31. The number of hydrogen-bond donors (Lipinski definition) is 0. The van der Waals surface area contributed by atoms with Crippen molar-refractivity contribution < 1.29 is 0 Å². The quantitative estimate of drug-likeness (QED) is 0.464. The van der Waals surface area contributed by atoms with E-state index < -0.39 is 0 Å². The highest BCUT2D eigenvalue weighted by molar-refractivity contribution is 6.04. The van der Waals surface area contributed by atoms with Gasteiger partial charge in [0.05, 0.1) is 17.6 Å². The zero-order chi connectivity index (χ0) is 20.0. The summed E-state index contributed by atoms with van der Waals surface area (Å²) < 4.78 is 3.70. The van der Waals surface area contributed by atoms with Gasteiger partial charge in [-0.25, -0.2) is 15.0 Å². The number of rotatable bonds is 4. The van der Waals surface area contributed by atoms with Crippen molar-refractivity contribution in [3.63, 3.8) is 0 Å². The number of fused-ring (bicyclic) bond motifs is 4. The van der Waals surface area contributed by atoms with E-state index in [0.717, 1.165) is 23.0 Å². The van der Waals surface area contributed by atoms with Crippen molar-refractivity contribution in [3.8, 4) is 0 Å². The first-order valence-electron chi connectivity index (χ1n) is 9.87. The number of hydrogen-bond acceptors (Lipinski definition) is 4. The van der Waals surface area contributed by atoms with E-state index in [4.69, 9.17) is 9.97 Å². The Balaban J connectivity index is 1.89. The molecular weight excluding hydrogens is 362 g/mol. The van der Waals surface area contributed by atoms with Gasteiger partial charge in [0.1, 0.15) is 17.2 Å².